The van der Waals surface area contributed by atoms with Crippen molar-refractivity contribution in [3.05, 3.63) is 54.6 Å². The summed E-state index contributed by atoms with van der Waals surface area (Å²) in [6.07, 6.45) is -0.588. The van der Waals surface area contributed by atoms with E-state index in [-0.39, 0.29) is 12.5 Å². The molecule has 27 heavy (non-hydrogen) atoms. The van der Waals surface area contributed by atoms with Crippen molar-refractivity contribution in [3.8, 4) is 11.5 Å². The molecule has 142 valence electrons. The number of nitrogens with one attached hydrogen (secondary N) is 1. The lowest BCUT2D eigenvalue weighted by molar-refractivity contribution is -0.130. The number of carbonyl (C=O) groups is 1. The molecule has 6 nitrogen and oxygen atoms in total. The lowest BCUT2D eigenvalue weighted by Gasteiger charge is -2.36. The van der Waals surface area contributed by atoms with Crippen LogP contribution in [0.15, 0.2) is 54.6 Å². The highest BCUT2D eigenvalue weighted by Gasteiger charge is 2.27. The van der Waals surface area contributed by atoms with Crippen LogP contribution in [0.1, 0.15) is 0 Å². The first-order valence-electron chi connectivity index (χ1n) is 9.48. The molecule has 0 spiro atoms. The standard InChI is InChI=1S/C21H25N3O3/c25-21(20-16-26-18-8-4-5-9-19(18)27-20)22-10-11-23-12-14-24(15-13-23)17-6-2-1-3-7-17/h1-9,20H,10-16H2,(H,22,25). The molecule has 0 aromatic heterocycles. The topological polar surface area (TPSA) is 54.0 Å². The average molecular weight is 367 g/mol. The monoisotopic (exact) mass is 367 g/mol. The molecular weight excluding hydrogens is 342 g/mol. The zero-order valence-electron chi connectivity index (χ0n) is 15.3. The molecule has 1 atom stereocenters. The zero-order chi connectivity index (χ0) is 18.5. The molecule has 4 rings (SSSR count). The SMILES string of the molecule is O=C(NCCN1CCN(c2ccccc2)CC1)C1COc2ccccc2O1. The van der Waals surface area contributed by atoms with Gasteiger partial charge in [0.25, 0.3) is 5.91 Å². The van der Waals surface area contributed by atoms with Gasteiger partial charge in [-0.05, 0) is 24.3 Å². The fourth-order valence-corrected chi connectivity index (χ4v) is 3.47. The Balaban J connectivity index is 1.18. The molecule has 0 saturated carbocycles. The number of ether oxygens (including phenoxy) is 2. The normalized spacial score (nSPS) is 19.6. The number of piperazine rings is 1. The summed E-state index contributed by atoms with van der Waals surface area (Å²) in [5.74, 6) is 1.20. The van der Waals surface area contributed by atoms with E-state index in [1.54, 1.807) is 0 Å². The maximum Gasteiger partial charge on any atom is 0.264 e. The number of amides is 1. The van der Waals surface area contributed by atoms with E-state index in [0.717, 1.165) is 32.7 Å². The van der Waals surface area contributed by atoms with E-state index in [2.05, 4.69) is 39.4 Å². The number of fused-ring (bicyclic) bond motifs is 1. The van der Waals surface area contributed by atoms with Crippen molar-refractivity contribution in [2.45, 2.75) is 6.10 Å². The van der Waals surface area contributed by atoms with Gasteiger partial charge in [0.2, 0.25) is 6.10 Å². The minimum absolute atomic E-state index is 0.118. The summed E-state index contributed by atoms with van der Waals surface area (Å²) < 4.78 is 11.3. The highest BCUT2D eigenvalue weighted by molar-refractivity contribution is 5.81. The van der Waals surface area contributed by atoms with E-state index in [9.17, 15) is 4.79 Å². The number of anilines is 1. The van der Waals surface area contributed by atoms with Gasteiger partial charge in [0.05, 0.1) is 0 Å². The van der Waals surface area contributed by atoms with Crippen LogP contribution >= 0.6 is 0 Å². The Bertz CT molecular complexity index is 760. The smallest absolute Gasteiger partial charge is 0.264 e. The molecule has 1 amide bonds. The third kappa shape index (κ3) is 4.34. The second kappa shape index (κ2) is 8.31. The van der Waals surface area contributed by atoms with Crippen LogP contribution < -0.4 is 19.7 Å². The quantitative estimate of drug-likeness (QED) is 0.873. The van der Waals surface area contributed by atoms with Crippen LogP contribution in [0.25, 0.3) is 0 Å². The van der Waals surface area contributed by atoms with Gasteiger partial charge in [-0.15, -0.1) is 0 Å². The predicted molar refractivity (Wildman–Crippen MR) is 104 cm³/mol. The fourth-order valence-electron chi connectivity index (χ4n) is 3.47. The lowest BCUT2D eigenvalue weighted by atomic mass is 10.2. The first-order chi connectivity index (χ1) is 13.3. The van der Waals surface area contributed by atoms with Crippen molar-refractivity contribution < 1.29 is 14.3 Å². The van der Waals surface area contributed by atoms with Gasteiger partial charge in [0, 0.05) is 45.0 Å². The largest absolute Gasteiger partial charge is 0.485 e. The second-order valence-electron chi connectivity index (χ2n) is 6.82. The zero-order valence-corrected chi connectivity index (χ0v) is 15.3. The molecule has 0 bridgehead atoms. The van der Waals surface area contributed by atoms with Gasteiger partial charge in [-0.3, -0.25) is 9.69 Å². The summed E-state index contributed by atoms with van der Waals surface area (Å²) in [6, 6.07) is 17.9. The molecule has 2 aliphatic rings. The first kappa shape index (κ1) is 17.7. The molecule has 1 saturated heterocycles. The molecule has 2 aliphatic heterocycles. The average Bonchev–Trinajstić information content (AvgIpc) is 2.74. The van der Waals surface area contributed by atoms with Gasteiger partial charge < -0.3 is 19.7 Å². The maximum absolute atomic E-state index is 12.3. The van der Waals surface area contributed by atoms with E-state index in [1.807, 2.05) is 30.3 Å². The van der Waals surface area contributed by atoms with Crippen LogP contribution in [-0.4, -0.2) is 62.8 Å². The van der Waals surface area contributed by atoms with E-state index in [4.69, 9.17) is 9.47 Å². The van der Waals surface area contributed by atoms with Crippen molar-refractivity contribution in [1.82, 2.24) is 10.2 Å². The minimum atomic E-state index is -0.588. The Labute approximate surface area is 159 Å². The Morgan fingerprint density at radius 1 is 0.963 bits per heavy atom. The summed E-state index contributed by atoms with van der Waals surface area (Å²) >= 11 is 0. The highest BCUT2D eigenvalue weighted by atomic mass is 16.6. The van der Waals surface area contributed by atoms with E-state index in [1.165, 1.54) is 5.69 Å². The van der Waals surface area contributed by atoms with Gasteiger partial charge >= 0.3 is 0 Å². The van der Waals surface area contributed by atoms with Crippen LogP contribution in [-0.2, 0) is 4.79 Å². The first-order valence-corrected chi connectivity index (χ1v) is 9.48. The molecule has 2 aromatic rings. The number of para-hydroxylation sites is 3. The van der Waals surface area contributed by atoms with Crippen LogP contribution in [0.3, 0.4) is 0 Å². The Kier molecular flexibility index (Phi) is 5.44. The molecule has 2 heterocycles. The molecular formula is C21H25N3O3. The number of nitrogens with zero attached hydrogens (tertiary/aromatic N) is 2. The number of hydrogen-bond donors (Lipinski definition) is 1. The molecule has 1 N–H and O–H groups in total. The van der Waals surface area contributed by atoms with E-state index >= 15 is 0 Å². The third-order valence-electron chi connectivity index (χ3n) is 5.02. The summed E-state index contributed by atoms with van der Waals surface area (Å²) in [4.78, 5) is 17.1. The molecule has 1 unspecified atom stereocenters. The predicted octanol–water partition coefficient (Wildman–Crippen LogP) is 1.76. The number of benzene rings is 2. The third-order valence-corrected chi connectivity index (χ3v) is 5.02. The Morgan fingerprint density at radius 2 is 1.67 bits per heavy atom. The summed E-state index contributed by atoms with van der Waals surface area (Å²) in [5.41, 5.74) is 1.28. The van der Waals surface area contributed by atoms with Crippen molar-refractivity contribution in [1.29, 1.82) is 0 Å². The molecule has 6 heteroatoms. The van der Waals surface area contributed by atoms with Crippen molar-refractivity contribution >= 4 is 11.6 Å². The van der Waals surface area contributed by atoms with Crippen molar-refractivity contribution in [2.75, 3.05) is 50.8 Å². The Morgan fingerprint density at radius 3 is 2.44 bits per heavy atom. The molecule has 2 aromatic carbocycles. The van der Waals surface area contributed by atoms with Gasteiger partial charge in [-0.25, -0.2) is 0 Å². The summed E-state index contributed by atoms with van der Waals surface area (Å²) in [5, 5.41) is 2.97. The van der Waals surface area contributed by atoms with Gasteiger partial charge in [0.15, 0.2) is 11.5 Å². The van der Waals surface area contributed by atoms with Crippen molar-refractivity contribution in [3.63, 3.8) is 0 Å². The number of carbonyl (C=O) groups excluding carboxylic acids is 1. The van der Waals surface area contributed by atoms with Crippen LogP contribution in [0.5, 0.6) is 11.5 Å². The summed E-state index contributed by atoms with van der Waals surface area (Å²) in [7, 11) is 0. The van der Waals surface area contributed by atoms with Crippen LogP contribution in [0.4, 0.5) is 5.69 Å². The number of rotatable bonds is 5. The van der Waals surface area contributed by atoms with E-state index < -0.39 is 6.10 Å². The number of hydrogen-bond acceptors (Lipinski definition) is 5. The lowest BCUT2D eigenvalue weighted by Crippen LogP contribution is -2.50. The minimum Gasteiger partial charge on any atom is -0.485 e. The van der Waals surface area contributed by atoms with Crippen LogP contribution in [0.2, 0.25) is 0 Å². The van der Waals surface area contributed by atoms with Crippen molar-refractivity contribution in [2.24, 2.45) is 0 Å². The summed E-state index contributed by atoms with van der Waals surface area (Å²) in [6.45, 7) is 5.73. The van der Waals surface area contributed by atoms with Gasteiger partial charge in [0.1, 0.15) is 6.61 Å². The van der Waals surface area contributed by atoms with Crippen LogP contribution in [0, 0.1) is 0 Å². The fraction of sp³-hybridized carbons (Fsp3) is 0.381. The van der Waals surface area contributed by atoms with E-state index in [0.29, 0.717) is 18.0 Å². The Hall–Kier alpha value is -2.73. The highest BCUT2D eigenvalue weighted by Crippen LogP contribution is 2.30. The van der Waals surface area contributed by atoms with Gasteiger partial charge in [-0.2, -0.15) is 0 Å². The maximum atomic E-state index is 12.3. The molecule has 0 radical (unpaired) electrons. The molecule has 1 fully saturated rings. The second-order valence-corrected chi connectivity index (χ2v) is 6.82. The molecule has 0 aliphatic carbocycles. The van der Waals surface area contributed by atoms with Gasteiger partial charge in [-0.1, -0.05) is 30.3 Å².